The molecule has 2 aliphatic rings. The first-order chi connectivity index (χ1) is 11.6. The second-order valence-corrected chi connectivity index (χ2v) is 7.27. The van der Waals surface area contributed by atoms with Crippen molar-refractivity contribution in [2.75, 3.05) is 31.6 Å². The quantitative estimate of drug-likeness (QED) is 0.833. The summed E-state index contributed by atoms with van der Waals surface area (Å²) in [6.07, 6.45) is 2.79. The Labute approximate surface area is 160 Å². The van der Waals surface area contributed by atoms with E-state index in [-0.39, 0.29) is 30.3 Å². The van der Waals surface area contributed by atoms with Crippen molar-refractivity contribution < 1.29 is 9.53 Å². The number of nitrogens with one attached hydrogen (secondary N) is 2. The van der Waals surface area contributed by atoms with Crippen LogP contribution in [0.25, 0.3) is 0 Å². The second-order valence-electron chi connectivity index (χ2n) is 6.83. The standard InChI is InChI=1S/C18H26ClN3O2.ClH/c1-12-9-13(5-7-20-12)18(23)21-15-6-8-22(11-15)16-10-14(19)3-4-17(16)24-2;/h3-4,10,12-13,15,20H,5-9,11H2,1-2H3,(H,21,23);1H/t12-,13-,15?;/m0./s1. The molecule has 3 atom stereocenters. The summed E-state index contributed by atoms with van der Waals surface area (Å²) in [5.41, 5.74) is 0.997. The van der Waals surface area contributed by atoms with E-state index in [4.69, 9.17) is 16.3 Å². The predicted molar refractivity (Wildman–Crippen MR) is 104 cm³/mol. The van der Waals surface area contributed by atoms with Crippen LogP contribution in [-0.4, -0.2) is 44.7 Å². The van der Waals surface area contributed by atoms with Gasteiger partial charge < -0.3 is 20.3 Å². The SMILES string of the molecule is COc1ccc(Cl)cc1N1CCC(NC(=O)[C@H]2CCN[C@@H](C)C2)C1.Cl. The first-order valence-electron chi connectivity index (χ1n) is 8.69. The van der Waals surface area contributed by atoms with E-state index in [1.165, 1.54) is 0 Å². The molecule has 5 nitrogen and oxygen atoms in total. The minimum absolute atomic E-state index is 0. The third-order valence-corrected chi connectivity index (χ3v) is 5.25. The van der Waals surface area contributed by atoms with Crippen molar-refractivity contribution in [2.45, 2.75) is 38.3 Å². The van der Waals surface area contributed by atoms with Gasteiger partial charge in [0.2, 0.25) is 5.91 Å². The molecule has 1 amide bonds. The van der Waals surface area contributed by atoms with Crippen molar-refractivity contribution in [3.8, 4) is 5.75 Å². The van der Waals surface area contributed by atoms with E-state index in [0.717, 1.165) is 50.3 Å². The number of carbonyl (C=O) groups is 1. The number of halogens is 2. The van der Waals surface area contributed by atoms with Crippen molar-refractivity contribution in [1.82, 2.24) is 10.6 Å². The molecule has 2 N–H and O–H groups in total. The molecule has 2 heterocycles. The number of anilines is 1. The van der Waals surface area contributed by atoms with Gasteiger partial charge in [0.05, 0.1) is 12.8 Å². The number of amides is 1. The van der Waals surface area contributed by atoms with Gasteiger partial charge in [-0.25, -0.2) is 0 Å². The van der Waals surface area contributed by atoms with Crippen LogP contribution in [0.5, 0.6) is 5.75 Å². The van der Waals surface area contributed by atoms with E-state index >= 15 is 0 Å². The summed E-state index contributed by atoms with van der Waals surface area (Å²) in [5, 5.41) is 7.33. The number of hydrogen-bond acceptors (Lipinski definition) is 4. The first-order valence-corrected chi connectivity index (χ1v) is 9.07. The average Bonchev–Trinajstić information content (AvgIpc) is 3.03. The van der Waals surface area contributed by atoms with Gasteiger partial charge in [-0.3, -0.25) is 4.79 Å². The number of hydrogen-bond donors (Lipinski definition) is 2. The lowest BCUT2D eigenvalue weighted by atomic mass is 9.92. The van der Waals surface area contributed by atoms with Gasteiger partial charge in [0.15, 0.2) is 0 Å². The Morgan fingerprint density at radius 1 is 1.40 bits per heavy atom. The van der Waals surface area contributed by atoms with Crippen molar-refractivity contribution in [3.63, 3.8) is 0 Å². The molecular formula is C18H27Cl2N3O2. The molecule has 1 unspecified atom stereocenters. The van der Waals surface area contributed by atoms with Crippen LogP contribution >= 0.6 is 24.0 Å². The lowest BCUT2D eigenvalue weighted by Gasteiger charge is -2.28. The minimum Gasteiger partial charge on any atom is -0.495 e. The van der Waals surface area contributed by atoms with Crippen LogP contribution in [0.1, 0.15) is 26.2 Å². The molecule has 0 aliphatic carbocycles. The Bertz CT molecular complexity index is 600. The summed E-state index contributed by atoms with van der Waals surface area (Å²) < 4.78 is 5.44. The topological polar surface area (TPSA) is 53.6 Å². The smallest absolute Gasteiger partial charge is 0.223 e. The Hall–Kier alpha value is -1.17. The average molecular weight is 388 g/mol. The van der Waals surface area contributed by atoms with Crippen LogP contribution in [0, 0.1) is 5.92 Å². The van der Waals surface area contributed by atoms with Crippen molar-refractivity contribution in [3.05, 3.63) is 23.2 Å². The third kappa shape index (κ3) is 4.93. The van der Waals surface area contributed by atoms with E-state index in [9.17, 15) is 4.79 Å². The lowest BCUT2D eigenvalue weighted by Crippen LogP contribution is -2.46. The lowest BCUT2D eigenvalue weighted by molar-refractivity contribution is -0.126. The maximum absolute atomic E-state index is 12.5. The van der Waals surface area contributed by atoms with Gasteiger partial charge in [-0.15, -0.1) is 12.4 Å². The zero-order valence-electron chi connectivity index (χ0n) is 14.8. The van der Waals surface area contributed by atoms with E-state index < -0.39 is 0 Å². The number of benzene rings is 1. The van der Waals surface area contributed by atoms with Crippen LogP contribution in [0.15, 0.2) is 18.2 Å². The molecule has 0 bridgehead atoms. The molecule has 140 valence electrons. The monoisotopic (exact) mass is 387 g/mol. The van der Waals surface area contributed by atoms with Crippen LogP contribution in [-0.2, 0) is 4.79 Å². The summed E-state index contributed by atoms with van der Waals surface area (Å²) in [6.45, 7) is 4.76. The summed E-state index contributed by atoms with van der Waals surface area (Å²) in [4.78, 5) is 14.8. The van der Waals surface area contributed by atoms with Gasteiger partial charge >= 0.3 is 0 Å². The molecule has 0 aromatic heterocycles. The molecule has 1 aromatic carbocycles. The van der Waals surface area contributed by atoms with Crippen LogP contribution < -0.4 is 20.3 Å². The molecule has 2 saturated heterocycles. The number of methoxy groups -OCH3 is 1. The molecule has 3 rings (SSSR count). The number of piperidine rings is 1. The summed E-state index contributed by atoms with van der Waals surface area (Å²) in [7, 11) is 1.67. The molecule has 1 aromatic rings. The first kappa shape index (κ1) is 20.1. The fourth-order valence-electron chi connectivity index (χ4n) is 3.70. The summed E-state index contributed by atoms with van der Waals surface area (Å²) in [5.74, 6) is 1.16. The van der Waals surface area contributed by atoms with Gasteiger partial charge in [0.25, 0.3) is 0 Å². The molecular weight excluding hydrogens is 361 g/mol. The summed E-state index contributed by atoms with van der Waals surface area (Å²) >= 11 is 6.13. The Kier molecular flexibility index (Phi) is 7.23. The van der Waals surface area contributed by atoms with Gasteiger partial charge in [-0.2, -0.15) is 0 Å². The van der Waals surface area contributed by atoms with E-state index in [1.807, 2.05) is 18.2 Å². The number of carbonyl (C=O) groups excluding carboxylic acids is 1. The van der Waals surface area contributed by atoms with Gasteiger partial charge in [-0.1, -0.05) is 11.6 Å². The maximum atomic E-state index is 12.5. The Balaban J connectivity index is 0.00000225. The van der Waals surface area contributed by atoms with Gasteiger partial charge in [0.1, 0.15) is 5.75 Å². The highest BCUT2D eigenvalue weighted by molar-refractivity contribution is 6.30. The normalized spacial score (nSPS) is 26.0. The molecule has 25 heavy (non-hydrogen) atoms. The molecule has 0 saturated carbocycles. The Morgan fingerprint density at radius 2 is 2.20 bits per heavy atom. The van der Waals surface area contributed by atoms with Crippen LogP contribution in [0.2, 0.25) is 5.02 Å². The molecule has 2 aliphatic heterocycles. The number of nitrogens with zero attached hydrogens (tertiary/aromatic N) is 1. The Morgan fingerprint density at radius 3 is 2.92 bits per heavy atom. The van der Waals surface area contributed by atoms with Crippen LogP contribution in [0.4, 0.5) is 5.69 Å². The highest BCUT2D eigenvalue weighted by Gasteiger charge is 2.30. The maximum Gasteiger partial charge on any atom is 0.223 e. The third-order valence-electron chi connectivity index (χ3n) is 5.01. The zero-order valence-corrected chi connectivity index (χ0v) is 16.3. The zero-order chi connectivity index (χ0) is 17.1. The van der Waals surface area contributed by atoms with E-state index in [1.54, 1.807) is 7.11 Å². The number of ether oxygens (including phenoxy) is 1. The van der Waals surface area contributed by atoms with Crippen molar-refractivity contribution in [1.29, 1.82) is 0 Å². The van der Waals surface area contributed by atoms with Gasteiger partial charge in [-0.05, 0) is 50.9 Å². The molecule has 0 radical (unpaired) electrons. The second kappa shape index (κ2) is 8.97. The number of rotatable bonds is 4. The highest BCUT2D eigenvalue weighted by atomic mass is 35.5. The highest BCUT2D eigenvalue weighted by Crippen LogP contribution is 2.33. The fourth-order valence-corrected chi connectivity index (χ4v) is 3.86. The molecule has 2 fully saturated rings. The minimum atomic E-state index is 0. The largest absolute Gasteiger partial charge is 0.495 e. The fraction of sp³-hybridized carbons (Fsp3) is 0.611. The van der Waals surface area contributed by atoms with Gasteiger partial charge in [0, 0.05) is 36.1 Å². The van der Waals surface area contributed by atoms with Crippen LogP contribution in [0.3, 0.4) is 0 Å². The van der Waals surface area contributed by atoms with Crippen molar-refractivity contribution >= 4 is 35.6 Å². The molecule has 7 heteroatoms. The summed E-state index contributed by atoms with van der Waals surface area (Å²) in [6, 6.07) is 6.26. The van der Waals surface area contributed by atoms with Crippen molar-refractivity contribution in [2.24, 2.45) is 5.92 Å². The van der Waals surface area contributed by atoms with E-state index in [2.05, 4.69) is 22.5 Å². The van der Waals surface area contributed by atoms with E-state index in [0.29, 0.717) is 11.1 Å². The predicted octanol–water partition coefficient (Wildman–Crippen LogP) is 2.85. The molecule has 0 spiro atoms.